The number of aromatic nitrogens is 7. The second-order valence-electron chi connectivity index (χ2n) is 17.3. The molecule has 3 atom stereocenters. The highest BCUT2D eigenvalue weighted by atomic mass is 16.5. The van der Waals surface area contributed by atoms with E-state index in [4.69, 9.17) is 19.7 Å². The standard InChI is InChI=1S/C48H51N11O6/c1-30(60)56-16-11-42-40(25-56)45(54-58(42)38-13-18-64-27-38)31-4-2-6-33(20-31)47(62)52-36-10-15-51-35(22-36)8-9-44(61)57-17-12-43-41(26-57)46(55-59(43)39-14-19-65-28-39)32-5-3-7-34(21-32)48(63)53-37-23-49-29-50-24-37/h2-7,10,15,20,22-24,29,34,38-39H,8-9,11-14,16-19,21,25-28H2,1H3,(H,53,63)(H,51,52,62). The first-order valence-electron chi connectivity index (χ1n) is 22.5. The first-order valence-corrected chi connectivity index (χ1v) is 22.5. The molecular weight excluding hydrogens is 827 g/mol. The van der Waals surface area contributed by atoms with Crippen molar-refractivity contribution in [1.82, 2.24) is 44.3 Å². The number of allylic oxidation sites excluding steroid dienone is 3. The lowest BCUT2D eigenvalue weighted by atomic mass is 9.89. The average molecular weight is 878 g/mol. The maximum Gasteiger partial charge on any atom is 0.255 e. The van der Waals surface area contributed by atoms with Crippen molar-refractivity contribution in [2.75, 3.05) is 50.2 Å². The summed E-state index contributed by atoms with van der Waals surface area (Å²) in [6.07, 6.45) is 16.2. The van der Waals surface area contributed by atoms with Gasteiger partial charge in [-0.1, -0.05) is 30.4 Å². The van der Waals surface area contributed by atoms with E-state index in [0.29, 0.717) is 101 Å². The molecule has 5 aliphatic rings. The maximum absolute atomic E-state index is 13.9. The van der Waals surface area contributed by atoms with Crippen LogP contribution in [-0.4, -0.2) is 107 Å². The molecule has 4 aromatic heterocycles. The molecule has 0 radical (unpaired) electrons. The monoisotopic (exact) mass is 877 g/mol. The number of hydrogen-bond acceptors (Lipinski definition) is 11. The predicted octanol–water partition coefficient (Wildman–Crippen LogP) is 5.13. The molecule has 4 amide bonds. The molecule has 3 unspecified atom stereocenters. The topological polar surface area (TPSA) is 192 Å². The van der Waals surface area contributed by atoms with Crippen molar-refractivity contribution in [3.05, 3.63) is 119 Å². The van der Waals surface area contributed by atoms with Gasteiger partial charge >= 0.3 is 0 Å². The molecule has 0 saturated carbocycles. The number of amides is 4. The summed E-state index contributed by atoms with van der Waals surface area (Å²) >= 11 is 0. The van der Waals surface area contributed by atoms with Crippen LogP contribution >= 0.6 is 0 Å². The van der Waals surface area contributed by atoms with E-state index in [1.54, 1.807) is 37.6 Å². The Morgan fingerprint density at radius 2 is 1.52 bits per heavy atom. The number of hydrogen-bond donors (Lipinski definition) is 2. The number of carbonyl (C=O) groups excluding carboxylic acids is 4. The quantitative estimate of drug-likeness (QED) is 0.179. The van der Waals surface area contributed by atoms with Gasteiger partial charge in [-0.2, -0.15) is 10.2 Å². The Kier molecular flexibility index (Phi) is 11.9. The largest absolute Gasteiger partial charge is 0.379 e. The summed E-state index contributed by atoms with van der Waals surface area (Å²) in [5.41, 5.74) is 9.87. The molecule has 1 aliphatic carbocycles. The van der Waals surface area contributed by atoms with Crippen molar-refractivity contribution in [3.8, 4) is 11.3 Å². The first-order chi connectivity index (χ1) is 31.8. The predicted molar refractivity (Wildman–Crippen MR) is 239 cm³/mol. The van der Waals surface area contributed by atoms with Gasteiger partial charge < -0.3 is 29.9 Å². The number of rotatable bonds is 11. The SMILES string of the molecule is CC(=O)N1CCc2c(c(-c3cccc(C(=O)Nc4ccnc(CCC(=O)N5CCc6c(c(C7=CC=CC(C(=O)Nc8cncnc8)C7)nn6C6CCOC6)C5)c4)c3)nn2C2CCOC2)C1. The van der Waals surface area contributed by atoms with E-state index in [9.17, 15) is 19.2 Å². The molecule has 0 bridgehead atoms. The van der Waals surface area contributed by atoms with Crippen LogP contribution in [0.25, 0.3) is 16.8 Å². The number of carbonyl (C=O) groups is 4. The molecule has 5 aromatic rings. The molecule has 17 heteroatoms. The minimum Gasteiger partial charge on any atom is -0.379 e. The summed E-state index contributed by atoms with van der Waals surface area (Å²) in [4.78, 5) is 69.6. The highest BCUT2D eigenvalue weighted by molar-refractivity contribution is 6.05. The zero-order valence-electron chi connectivity index (χ0n) is 36.3. The Balaban J connectivity index is 0.804. The Morgan fingerprint density at radius 3 is 2.25 bits per heavy atom. The van der Waals surface area contributed by atoms with Crippen LogP contribution in [0, 0.1) is 5.92 Å². The van der Waals surface area contributed by atoms with Gasteiger partial charge in [-0.05, 0) is 55.5 Å². The molecular formula is C48H51N11O6. The van der Waals surface area contributed by atoms with Crippen LogP contribution in [0.2, 0.25) is 0 Å². The van der Waals surface area contributed by atoms with Crippen molar-refractivity contribution in [3.63, 3.8) is 0 Å². The van der Waals surface area contributed by atoms with Crippen LogP contribution in [-0.2, 0) is 56.2 Å². The Hall–Kier alpha value is -6.85. The van der Waals surface area contributed by atoms with Gasteiger partial charge in [-0.3, -0.25) is 33.5 Å². The van der Waals surface area contributed by atoms with Crippen LogP contribution in [0.3, 0.4) is 0 Å². The Morgan fingerprint density at radius 1 is 0.815 bits per heavy atom. The summed E-state index contributed by atoms with van der Waals surface area (Å²) in [6, 6.07) is 11.2. The number of ether oxygens (including phenoxy) is 2. The minimum atomic E-state index is -0.412. The van der Waals surface area contributed by atoms with Crippen LogP contribution in [0.4, 0.5) is 11.4 Å². The van der Waals surface area contributed by atoms with Gasteiger partial charge in [0.2, 0.25) is 17.7 Å². The molecule has 2 N–H and O–H groups in total. The summed E-state index contributed by atoms with van der Waals surface area (Å²) in [7, 11) is 0. The number of nitrogens with zero attached hydrogens (tertiary/aromatic N) is 9. The number of nitrogens with one attached hydrogen (secondary N) is 2. The van der Waals surface area contributed by atoms with Gasteiger partial charge in [-0.25, -0.2) is 9.97 Å². The zero-order chi connectivity index (χ0) is 44.4. The van der Waals surface area contributed by atoms with E-state index in [1.807, 2.05) is 52.3 Å². The third-order valence-corrected chi connectivity index (χ3v) is 13.1. The van der Waals surface area contributed by atoms with Gasteiger partial charge in [-0.15, -0.1) is 0 Å². The zero-order valence-corrected chi connectivity index (χ0v) is 36.3. The van der Waals surface area contributed by atoms with Crippen molar-refractivity contribution < 1.29 is 28.7 Å². The Bertz CT molecular complexity index is 2700. The maximum atomic E-state index is 13.9. The van der Waals surface area contributed by atoms with Crippen molar-refractivity contribution in [2.45, 2.75) is 77.0 Å². The number of aryl methyl sites for hydroxylation is 1. The van der Waals surface area contributed by atoms with Crippen molar-refractivity contribution in [2.24, 2.45) is 5.92 Å². The number of fused-ring (bicyclic) bond motifs is 2. The fourth-order valence-electron chi connectivity index (χ4n) is 9.63. The second kappa shape index (κ2) is 18.3. The highest BCUT2D eigenvalue weighted by Gasteiger charge is 2.34. The van der Waals surface area contributed by atoms with E-state index < -0.39 is 5.92 Å². The molecule has 4 aliphatic heterocycles. The molecule has 2 fully saturated rings. The summed E-state index contributed by atoms with van der Waals surface area (Å²) in [5, 5.41) is 16.2. The third-order valence-electron chi connectivity index (χ3n) is 13.1. The normalized spacial score (nSPS) is 20.3. The number of pyridine rings is 1. The highest BCUT2D eigenvalue weighted by Crippen LogP contribution is 2.37. The van der Waals surface area contributed by atoms with E-state index in [1.165, 1.54) is 6.33 Å². The van der Waals surface area contributed by atoms with Crippen LogP contribution in [0.15, 0.2) is 79.5 Å². The van der Waals surface area contributed by atoms with Gasteiger partial charge in [0.15, 0.2) is 0 Å². The third kappa shape index (κ3) is 8.85. The molecule has 334 valence electrons. The van der Waals surface area contributed by atoms with Gasteiger partial charge in [0.25, 0.3) is 5.91 Å². The molecule has 10 rings (SSSR count). The lowest BCUT2D eigenvalue weighted by Gasteiger charge is -2.29. The van der Waals surface area contributed by atoms with Gasteiger partial charge in [0.1, 0.15) is 6.33 Å². The summed E-state index contributed by atoms with van der Waals surface area (Å²) < 4.78 is 15.6. The van der Waals surface area contributed by atoms with E-state index >= 15 is 0 Å². The number of benzene rings is 1. The molecule has 0 spiro atoms. The second-order valence-corrected chi connectivity index (χ2v) is 17.3. The van der Waals surface area contributed by atoms with Crippen molar-refractivity contribution >= 4 is 40.6 Å². The van der Waals surface area contributed by atoms with E-state index in [2.05, 4.69) is 34.9 Å². The molecule has 8 heterocycles. The molecule has 2 saturated heterocycles. The van der Waals surface area contributed by atoms with E-state index in [-0.39, 0.29) is 42.1 Å². The van der Waals surface area contributed by atoms with Crippen LogP contribution in [0.5, 0.6) is 0 Å². The van der Waals surface area contributed by atoms with Gasteiger partial charge in [0.05, 0.1) is 60.7 Å². The lowest BCUT2D eigenvalue weighted by molar-refractivity contribution is -0.132. The molecule has 17 nitrogen and oxygen atoms in total. The molecule has 1 aromatic carbocycles. The Labute approximate surface area is 375 Å². The minimum absolute atomic E-state index is 0.00275. The first kappa shape index (κ1) is 42.1. The smallest absolute Gasteiger partial charge is 0.255 e. The average Bonchev–Trinajstić information content (AvgIpc) is 4.18. The van der Waals surface area contributed by atoms with Crippen molar-refractivity contribution in [1.29, 1.82) is 0 Å². The fraction of sp³-hybridized carbons (Fsp3) is 0.396. The number of anilines is 2. The van der Waals surface area contributed by atoms with Gasteiger partial charge in [0, 0.05) is 117 Å². The van der Waals surface area contributed by atoms with E-state index in [0.717, 1.165) is 57.9 Å². The lowest BCUT2D eigenvalue weighted by Crippen LogP contribution is -2.37. The molecule has 65 heavy (non-hydrogen) atoms. The summed E-state index contributed by atoms with van der Waals surface area (Å²) in [6.45, 7) is 6.23. The van der Waals surface area contributed by atoms with Crippen LogP contribution in [0.1, 0.15) is 89.0 Å². The fourth-order valence-corrected chi connectivity index (χ4v) is 9.63. The van der Waals surface area contributed by atoms with Crippen LogP contribution < -0.4 is 10.6 Å². The summed E-state index contributed by atoms with van der Waals surface area (Å²) in [5.74, 6) is -0.822.